The summed E-state index contributed by atoms with van der Waals surface area (Å²) in [6.45, 7) is 3.90. The number of cyclic esters (lactones) is 1. The number of hydrogen-bond donors (Lipinski definition) is 1. The quantitative estimate of drug-likeness (QED) is 0.637. The maximum absolute atomic E-state index is 12.0. The summed E-state index contributed by atoms with van der Waals surface area (Å²) in [6, 6.07) is 2.11. The molecule has 1 aliphatic rings. The van der Waals surface area contributed by atoms with Crippen LogP contribution in [0.5, 0.6) is 5.75 Å². The van der Waals surface area contributed by atoms with Crippen LogP contribution in [0.2, 0.25) is 0 Å². The Labute approximate surface area is 140 Å². The zero-order valence-corrected chi connectivity index (χ0v) is 13.9. The molecule has 1 aromatic rings. The number of carboxylic acids is 1. The molecular weight excluding hydrogens is 310 g/mol. The molecule has 0 saturated carbocycles. The minimum atomic E-state index is -0.992. The van der Waals surface area contributed by atoms with Crippen LogP contribution >= 0.6 is 0 Å². The Hall–Kier alpha value is -2.81. The van der Waals surface area contributed by atoms with E-state index in [0.29, 0.717) is 40.8 Å². The number of fused-ring (bicyclic) bond motifs is 1. The Kier molecular flexibility index (Phi) is 5.24. The van der Waals surface area contributed by atoms with E-state index in [1.54, 1.807) is 6.08 Å². The van der Waals surface area contributed by atoms with Crippen molar-refractivity contribution in [1.29, 1.82) is 5.26 Å². The van der Waals surface area contributed by atoms with Crippen LogP contribution in [0.3, 0.4) is 0 Å². The number of carbonyl (C=O) groups is 2. The summed E-state index contributed by atoms with van der Waals surface area (Å²) >= 11 is 0. The molecule has 6 nitrogen and oxygen atoms in total. The van der Waals surface area contributed by atoms with Gasteiger partial charge in [-0.2, -0.15) is 5.26 Å². The molecule has 0 spiro atoms. The van der Waals surface area contributed by atoms with Crippen molar-refractivity contribution in [3.8, 4) is 11.8 Å². The van der Waals surface area contributed by atoms with E-state index in [0.717, 1.165) is 11.6 Å². The second-order valence-corrected chi connectivity index (χ2v) is 5.77. The van der Waals surface area contributed by atoms with Crippen molar-refractivity contribution < 1.29 is 24.2 Å². The first-order chi connectivity index (χ1) is 11.4. The van der Waals surface area contributed by atoms with Gasteiger partial charge in [0.1, 0.15) is 18.4 Å². The molecule has 1 N–H and O–H groups in total. The van der Waals surface area contributed by atoms with Crippen molar-refractivity contribution >= 4 is 11.9 Å². The number of ether oxygens (including phenoxy) is 2. The predicted octanol–water partition coefficient (Wildman–Crippen LogP) is 2.76. The molecule has 6 heteroatoms. The Balaban J connectivity index is 2.41. The number of allylic oxidation sites excluding steroid dienone is 1. The number of hydrogen-bond acceptors (Lipinski definition) is 5. The maximum Gasteiger partial charge on any atom is 0.340 e. The number of rotatable bonds is 6. The van der Waals surface area contributed by atoms with E-state index in [1.807, 2.05) is 13.8 Å². The molecule has 24 heavy (non-hydrogen) atoms. The van der Waals surface area contributed by atoms with Crippen molar-refractivity contribution in [3.05, 3.63) is 40.0 Å². The number of benzene rings is 1. The van der Waals surface area contributed by atoms with E-state index in [1.165, 1.54) is 7.11 Å². The Morgan fingerprint density at radius 1 is 1.54 bits per heavy atom. The topological polar surface area (TPSA) is 96.6 Å². The average Bonchev–Trinajstić information content (AvgIpc) is 2.93. The van der Waals surface area contributed by atoms with Crippen LogP contribution in [0.15, 0.2) is 12.2 Å². The summed E-state index contributed by atoms with van der Waals surface area (Å²) in [7, 11) is 1.53. The predicted molar refractivity (Wildman–Crippen MR) is 85.8 cm³/mol. The largest absolute Gasteiger partial charge is 0.496 e. The fraction of sp³-hybridized carbons (Fsp3) is 0.389. The number of methoxy groups -OCH3 is 1. The third kappa shape index (κ3) is 3.25. The molecule has 0 amide bonds. The molecule has 1 heterocycles. The molecule has 1 aliphatic heterocycles. The zero-order chi connectivity index (χ0) is 17.9. The van der Waals surface area contributed by atoms with Gasteiger partial charge in [-0.05, 0) is 31.2 Å². The van der Waals surface area contributed by atoms with Gasteiger partial charge in [-0.3, -0.25) is 0 Å². The first-order valence-corrected chi connectivity index (χ1v) is 7.61. The second-order valence-electron chi connectivity index (χ2n) is 5.77. The van der Waals surface area contributed by atoms with Crippen molar-refractivity contribution in [1.82, 2.24) is 0 Å². The lowest BCUT2D eigenvalue weighted by Gasteiger charge is -2.17. The monoisotopic (exact) mass is 329 g/mol. The normalized spacial score (nSPS) is 14.2. The molecule has 2 rings (SSSR count). The van der Waals surface area contributed by atoms with E-state index in [2.05, 4.69) is 6.07 Å². The number of nitriles is 1. The molecule has 0 fully saturated rings. The number of carbonyl (C=O) groups excluding carboxylic acids is 1. The minimum Gasteiger partial charge on any atom is -0.496 e. The van der Waals surface area contributed by atoms with Crippen LogP contribution in [0.25, 0.3) is 0 Å². The van der Waals surface area contributed by atoms with Crippen molar-refractivity contribution in [2.24, 2.45) is 5.92 Å². The van der Waals surface area contributed by atoms with E-state index in [9.17, 15) is 14.9 Å². The highest BCUT2D eigenvalue weighted by molar-refractivity contribution is 5.97. The van der Waals surface area contributed by atoms with Crippen molar-refractivity contribution in [2.45, 2.75) is 33.3 Å². The number of esters is 1. The highest BCUT2D eigenvalue weighted by atomic mass is 16.5. The van der Waals surface area contributed by atoms with Gasteiger partial charge in [-0.15, -0.1) is 0 Å². The average molecular weight is 329 g/mol. The zero-order valence-electron chi connectivity index (χ0n) is 13.9. The SMILES string of the molecule is COc1c(C)c2c(c(C#N)c1CCC(C)/C=C/C(=O)O)C(=O)OC2. The molecule has 0 aromatic heterocycles. The summed E-state index contributed by atoms with van der Waals surface area (Å²) in [5.74, 6) is -0.864. The van der Waals surface area contributed by atoms with Crippen molar-refractivity contribution in [2.75, 3.05) is 7.11 Å². The van der Waals surface area contributed by atoms with Gasteiger partial charge in [0.25, 0.3) is 0 Å². The molecule has 1 atom stereocenters. The highest BCUT2D eigenvalue weighted by Crippen LogP contribution is 2.38. The Bertz CT molecular complexity index is 758. The van der Waals surface area contributed by atoms with E-state index in [4.69, 9.17) is 14.6 Å². The maximum atomic E-state index is 12.0. The van der Waals surface area contributed by atoms with Crippen LogP contribution < -0.4 is 4.74 Å². The second kappa shape index (κ2) is 7.18. The van der Waals surface area contributed by atoms with Crippen molar-refractivity contribution in [3.63, 3.8) is 0 Å². The van der Waals surface area contributed by atoms with Gasteiger partial charge in [0.2, 0.25) is 0 Å². The van der Waals surface area contributed by atoms with Gasteiger partial charge < -0.3 is 14.6 Å². The Morgan fingerprint density at radius 3 is 2.83 bits per heavy atom. The molecular formula is C18H19NO5. The lowest BCUT2D eigenvalue weighted by molar-refractivity contribution is -0.131. The Morgan fingerprint density at radius 2 is 2.25 bits per heavy atom. The molecule has 1 unspecified atom stereocenters. The van der Waals surface area contributed by atoms with E-state index >= 15 is 0 Å². The van der Waals surface area contributed by atoms with E-state index < -0.39 is 11.9 Å². The summed E-state index contributed by atoms with van der Waals surface area (Å²) in [6.07, 6.45) is 3.84. The highest BCUT2D eigenvalue weighted by Gasteiger charge is 2.32. The summed E-state index contributed by atoms with van der Waals surface area (Å²) < 4.78 is 10.5. The number of aliphatic carboxylic acids is 1. The number of nitrogens with zero attached hydrogens (tertiary/aromatic N) is 1. The molecule has 0 saturated heterocycles. The van der Waals surface area contributed by atoms with Gasteiger partial charge in [0.05, 0.1) is 18.2 Å². The molecule has 0 radical (unpaired) electrons. The minimum absolute atomic E-state index is 0.0119. The molecule has 0 bridgehead atoms. The molecule has 0 aliphatic carbocycles. The van der Waals surface area contributed by atoms with Gasteiger partial charge in [0.15, 0.2) is 0 Å². The van der Waals surface area contributed by atoms with Crippen LogP contribution in [-0.2, 0) is 22.6 Å². The lowest BCUT2D eigenvalue weighted by atomic mass is 9.89. The van der Waals surface area contributed by atoms with Gasteiger partial charge in [-0.1, -0.05) is 13.0 Å². The first-order valence-electron chi connectivity index (χ1n) is 7.61. The van der Waals surface area contributed by atoms with Crippen LogP contribution in [0.1, 0.15) is 46.0 Å². The standard InChI is InChI=1S/C18H19NO5/c1-10(5-7-15(20)21)4-6-12-13(8-19)16-14(9-24-18(16)22)11(2)17(12)23-3/h5,7,10H,4,6,9H2,1-3H3,(H,20,21)/b7-5+. The fourth-order valence-corrected chi connectivity index (χ4v) is 2.93. The van der Waals surface area contributed by atoms with Gasteiger partial charge in [0, 0.05) is 17.2 Å². The fourth-order valence-electron chi connectivity index (χ4n) is 2.93. The third-order valence-electron chi connectivity index (χ3n) is 4.21. The van der Waals surface area contributed by atoms with Crippen LogP contribution in [0, 0.1) is 24.2 Å². The van der Waals surface area contributed by atoms with E-state index in [-0.39, 0.29) is 12.5 Å². The number of carboxylic acid groups (broad SMARTS) is 1. The first kappa shape index (κ1) is 17.5. The summed E-state index contributed by atoms with van der Waals surface area (Å²) in [5, 5.41) is 18.2. The summed E-state index contributed by atoms with van der Waals surface area (Å²) in [4.78, 5) is 22.6. The summed E-state index contributed by atoms with van der Waals surface area (Å²) in [5.41, 5.74) is 2.81. The lowest BCUT2D eigenvalue weighted by Crippen LogP contribution is -2.08. The van der Waals surface area contributed by atoms with Crippen LogP contribution in [0.4, 0.5) is 0 Å². The third-order valence-corrected chi connectivity index (χ3v) is 4.21. The molecule has 1 aromatic carbocycles. The van der Waals surface area contributed by atoms with Gasteiger partial charge in [-0.25, -0.2) is 9.59 Å². The van der Waals surface area contributed by atoms with Gasteiger partial charge >= 0.3 is 11.9 Å². The molecule has 126 valence electrons. The van der Waals surface area contributed by atoms with Crippen LogP contribution in [-0.4, -0.2) is 24.2 Å². The smallest absolute Gasteiger partial charge is 0.340 e.